The standard InChI is InChI=1S/C18H30N2O3S/c1-2-3-4-5-6-7-8-10-18(21)20-13-9-16-24(22,23)17-11-14-19-15-12-17/h11-12,14-15H,2-10,13,16H2,1H3,(H,20,21). The Morgan fingerprint density at radius 3 is 2.29 bits per heavy atom. The molecule has 5 nitrogen and oxygen atoms in total. The normalized spacial score (nSPS) is 11.4. The fraction of sp³-hybridized carbons (Fsp3) is 0.667. The molecular formula is C18H30N2O3S. The molecule has 0 aliphatic carbocycles. The smallest absolute Gasteiger partial charge is 0.219 e. The van der Waals surface area contributed by atoms with Crippen LogP contribution in [0.4, 0.5) is 0 Å². The number of sulfone groups is 1. The summed E-state index contributed by atoms with van der Waals surface area (Å²) in [7, 11) is -3.28. The number of hydrogen-bond acceptors (Lipinski definition) is 4. The predicted octanol–water partition coefficient (Wildman–Crippen LogP) is 3.50. The van der Waals surface area contributed by atoms with Crippen molar-refractivity contribution in [3.63, 3.8) is 0 Å². The summed E-state index contributed by atoms with van der Waals surface area (Å²) >= 11 is 0. The van der Waals surface area contributed by atoms with Gasteiger partial charge >= 0.3 is 0 Å². The van der Waals surface area contributed by atoms with Crippen LogP contribution in [0.2, 0.25) is 0 Å². The molecular weight excluding hydrogens is 324 g/mol. The second kappa shape index (κ2) is 12.0. The summed E-state index contributed by atoms with van der Waals surface area (Å²) in [6, 6.07) is 2.99. The molecule has 6 heteroatoms. The van der Waals surface area contributed by atoms with Gasteiger partial charge in [0, 0.05) is 25.4 Å². The Morgan fingerprint density at radius 2 is 1.62 bits per heavy atom. The predicted molar refractivity (Wildman–Crippen MR) is 96.5 cm³/mol. The van der Waals surface area contributed by atoms with E-state index in [0.29, 0.717) is 19.4 Å². The van der Waals surface area contributed by atoms with Crippen molar-refractivity contribution < 1.29 is 13.2 Å². The molecule has 1 heterocycles. The molecule has 0 aliphatic rings. The zero-order valence-electron chi connectivity index (χ0n) is 14.7. The molecule has 1 rings (SSSR count). The van der Waals surface area contributed by atoms with Gasteiger partial charge in [0.05, 0.1) is 10.6 Å². The van der Waals surface area contributed by atoms with E-state index in [4.69, 9.17) is 0 Å². The molecule has 0 saturated heterocycles. The van der Waals surface area contributed by atoms with Gasteiger partial charge in [-0.1, -0.05) is 45.4 Å². The first-order valence-corrected chi connectivity index (χ1v) is 10.6. The van der Waals surface area contributed by atoms with Crippen LogP contribution in [-0.2, 0) is 14.6 Å². The Hall–Kier alpha value is -1.43. The average Bonchev–Trinajstić information content (AvgIpc) is 2.59. The van der Waals surface area contributed by atoms with Gasteiger partial charge in [-0.05, 0) is 25.0 Å². The van der Waals surface area contributed by atoms with Gasteiger partial charge in [-0.2, -0.15) is 0 Å². The lowest BCUT2D eigenvalue weighted by Gasteiger charge is -2.06. The van der Waals surface area contributed by atoms with E-state index in [1.54, 1.807) is 0 Å². The number of carbonyl (C=O) groups excluding carboxylic acids is 1. The maximum atomic E-state index is 12.1. The van der Waals surface area contributed by atoms with E-state index in [9.17, 15) is 13.2 Å². The topological polar surface area (TPSA) is 76.1 Å². The van der Waals surface area contributed by atoms with Crippen molar-refractivity contribution in [2.75, 3.05) is 12.3 Å². The van der Waals surface area contributed by atoms with E-state index in [2.05, 4.69) is 17.2 Å². The number of carbonyl (C=O) groups is 1. The van der Waals surface area contributed by atoms with Gasteiger partial charge in [-0.15, -0.1) is 0 Å². The van der Waals surface area contributed by atoms with Gasteiger partial charge in [0.1, 0.15) is 0 Å². The fourth-order valence-electron chi connectivity index (χ4n) is 2.48. The lowest BCUT2D eigenvalue weighted by atomic mass is 10.1. The lowest BCUT2D eigenvalue weighted by Crippen LogP contribution is -2.25. The molecule has 0 atom stereocenters. The molecule has 24 heavy (non-hydrogen) atoms. The second-order valence-electron chi connectivity index (χ2n) is 6.08. The number of nitrogens with zero attached hydrogens (tertiary/aromatic N) is 1. The van der Waals surface area contributed by atoms with Gasteiger partial charge in [-0.3, -0.25) is 9.78 Å². The van der Waals surface area contributed by atoms with Crippen LogP contribution in [0.3, 0.4) is 0 Å². The maximum Gasteiger partial charge on any atom is 0.219 e. The van der Waals surface area contributed by atoms with Crippen LogP contribution >= 0.6 is 0 Å². The van der Waals surface area contributed by atoms with E-state index in [1.165, 1.54) is 56.6 Å². The molecule has 0 aliphatic heterocycles. The minimum Gasteiger partial charge on any atom is -0.356 e. The molecule has 0 bridgehead atoms. The highest BCUT2D eigenvalue weighted by molar-refractivity contribution is 7.91. The SMILES string of the molecule is CCCCCCCCCC(=O)NCCCS(=O)(=O)c1ccncc1. The summed E-state index contributed by atoms with van der Waals surface area (Å²) in [6.45, 7) is 2.60. The summed E-state index contributed by atoms with van der Waals surface area (Å²) in [5.41, 5.74) is 0. The number of unbranched alkanes of at least 4 members (excludes halogenated alkanes) is 6. The van der Waals surface area contributed by atoms with Gasteiger partial charge in [0.25, 0.3) is 0 Å². The summed E-state index contributed by atoms with van der Waals surface area (Å²) in [5.74, 6) is 0.0548. The Morgan fingerprint density at radius 1 is 1.00 bits per heavy atom. The second-order valence-corrected chi connectivity index (χ2v) is 8.19. The summed E-state index contributed by atoms with van der Waals surface area (Å²) in [6.07, 6.45) is 12.2. The van der Waals surface area contributed by atoms with E-state index in [1.807, 2.05) is 0 Å². The lowest BCUT2D eigenvalue weighted by molar-refractivity contribution is -0.121. The molecule has 0 unspecified atom stereocenters. The van der Waals surface area contributed by atoms with Crippen LogP contribution in [0.1, 0.15) is 64.7 Å². The van der Waals surface area contributed by atoms with E-state index >= 15 is 0 Å². The highest BCUT2D eigenvalue weighted by Crippen LogP contribution is 2.10. The molecule has 0 aromatic carbocycles. The Labute approximate surface area is 146 Å². The van der Waals surface area contributed by atoms with Crippen LogP contribution in [0.5, 0.6) is 0 Å². The highest BCUT2D eigenvalue weighted by atomic mass is 32.2. The number of aromatic nitrogens is 1. The third-order valence-electron chi connectivity index (χ3n) is 3.93. The first-order chi connectivity index (χ1) is 11.6. The molecule has 0 saturated carbocycles. The maximum absolute atomic E-state index is 12.1. The van der Waals surface area contributed by atoms with Crippen LogP contribution in [0, 0.1) is 0 Å². The van der Waals surface area contributed by atoms with Crippen LogP contribution in [0.15, 0.2) is 29.4 Å². The zero-order valence-corrected chi connectivity index (χ0v) is 15.5. The van der Waals surface area contributed by atoms with Crippen LogP contribution < -0.4 is 5.32 Å². The molecule has 1 N–H and O–H groups in total. The van der Waals surface area contributed by atoms with Crippen molar-refractivity contribution in [1.82, 2.24) is 10.3 Å². The number of pyridine rings is 1. The number of hydrogen-bond donors (Lipinski definition) is 1. The van der Waals surface area contributed by atoms with Crippen LogP contribution in [0.25, 0.3) is 0 Å². The van der Waals surface area contributed by atoms with E-state index < -0.39 is 9.84 Å². The average molecular weight is 355 g/mol. The van der Waals surface area contributed by atoms with Gasteiger partial charge in [0.15, 0.2) is 9.84 Å². The Balaban J connectivity index is 2.07. The molecule has 1 amide bonds. The van der Waals surface area contributed by atoms with Crippen molar-refractivity contribution in [1.29, 1.82) is 0 Å². The molecule has 0 fully saturated rings. The summed E-state index contributed by atoms with van der Waals surface area (Å²) in [5, 5.41) is 2.80. The van der Waals surface area contributed by atoms with Crippen molar-refractivity contribution >= 4 is 15.7 Å². The minimum absolute atomic E-state index is 0.0184. The number of amides is 1. The number of nitrogens with one attached hydrogen (secondary N) is 1. The van der Waals surface area contributed by atoms with Crippen molar-refractivity contribution in [3.8, 4) is 0 Å². The van der Waals surface area contributed by atoms with Crippen molar-refractivity contribution in [3.05, 3.63) is 24.5 Å². The van der Waals surface area contributed by atoms with Crippen molar-refractivity contribution in [2.45, 2.75) is 69.6 Å². The molecule has 1 aromatic rings. The fourth-order valence-corrected chi connectivity index (χ4v) is 3.78. The third kappa shape index (κ3) is 9.01. The molecule has 0 radical (unpaired) electrons. The zero-order chi connectivity index (χ0) is 17.7. The largest absolute Gasteiger partial charge is 0.356 e. The van der Waals surface area contributed by atoms with Gasteiger partial charge in [0.2, 0.25) is 5.91 Å². The summed E-state index contributed by atoms with van der Waals surface area (Å²) in [4.78, 5) is 15.8. The first-order valence-electron chi connectivity index (χ1n) is 8.95. The number of rotatable bonds is 13. The van der Waals surface area contributed by atoms with Crippen molar-refractivity contribution in [2.24, 2.45) is 0 Å². The molecule has 0 spiro atoms. The van der Waals surface area contributed by atoms with E-state index in [0.717, 1.165) is 12.8 Å². The first kappa shape index (κ1) is 20.6. The molecule has 1 aromatic heterocycles. The van der Waals surface area contributed by atoms with Gasteiger partial charge in [-0.25, -0.2) is 8.42 Å². The Kier molecular flexibility index (Phi) is 10.3. The minimum atomic E-state index is -3.28. The summed E-state index contributed by atoms with van der Waals surface area (Å²) < 4.78 is 24.1. The Bertz CT molecular complexity index is 559. The monoisotopic (exact) mass is 354 g/mol. The van der Waals surface area contributed by atoms with Crippen LogP contribution in [-0.4, -0.2) is 31.6 Å². The molecule has 136 valence electrons. The van der Waals surface area contributed by atoms with E-state index in [-0.39, 0.29) is 16.6 Å². The van der Waals surface area contributed by atoms with Gasteiger partial charge < -0.3 is 5.32 Å². The third-order valence-corrected chi connectivity index (χ3v) is 5.74. The highest BCUT2D eigenvalue weighted by Gasteiger charge is 2.13. The quantitative estimate of drug-likeness (QED) is 0.550.